The molecule has 14 heavy (non-hydrogen) atoms. The first-order valence-electron chi connectivity index (χ1n) is 5.03. The van der Waals surface area contributed by atoms with E-state index < -0.39 is 5.97 Å². The molecule has 0 spiro atoms. The van der Waals surface area contributed by atoms with Gasteiger partial charge in [0.25, 0.3) is 0 Å². The van der Waals surface area contributed by atoms with Gasteiger partial charge in [0.1, 0.15) is 0 Å². The van der Waals surface area contributed by atoms with E-state index in [0.29, 0.717) is 5.92 Å². The highest BCUT2D eigenvalue weighted by molar-refractivity contribution is 5.79. The molecule has 1 atom stereocenters. The molecule has 0 bridgehead atoms. The Labute approximate surface area is 83.7 Å². The maximum absolute atomic E-state index is 11.4. The minimum Gasteiger partial charge on any atom is -0.481 e. The van der Waals surface area contributed by atoms with Crippen LogP contribution in [0, 0.1) is 11.8 Å². The van der Waals surface area contributed by atoms with Crippen LogP contribution in [-0.2, 0) is 9.59 Å². The van der Waals surface area contributed by atoms with Crippen molar-refractivity contribution >= 4 is 11.9 Å². The van der Waals surface area contributed by atoms with E-state index in [1.165, 1.54) is 0 Å². The number of carbonyl (C=O) groups excluding carboxylic acids is 1. The average Bonchev–Trinajstić information content (AvgIpc) is 2.83. The van der Waals surface area contributed by atoms with Gasteiger partial charge in [-0.3, -0.25) is 9.59 Å². The van der Waals surface area contributed by atoms with E-state index in [1.807, 2.05) is 0 Å². The standard InChI is InChI=1S/C10H17NO3/c1-6(2)10(14)11-8(5-9(12)13)7-3-4-7/h6-8H,3-5H2,1-2H3,(H,11,14)(H,12,13). The second-order valence-corrected chi connectivity index (χ2v) is 4.21. The molecule has 1 rings (SSSR count). The van der Waals surface area contributed by atoms with Gasteiger partial charge in [-0.25, -0.2) is 0 Å². The van der Waals surface area contributed by atoms with Gasteiger partial charge in [0, 0.05) is 12.0 Å². The molecule has 0 aromatic heterocycles. The second kappa shape index (κ2) is 4.44. The van der Waals surface area contributed by atoms with Crippen molar-refractivity contribution in [3.8, 4) is 0 Å². The van der Waals surface area contributed by atoms with Crippen molar-refractivity contribution in [2.24, 2.45) is 11.8 Å². The molecule has 1 saturated carbocycles. The van der Waals surface area contributed by atoms with Crippen molar-refractivity contribution in [1.82, 2.24) is 5.32 Å². The molecule has 1 fully saturated rings. The molecular weight excluding hydrogens is 182 g/mol. The predicted octanol–water partition coefficient (Wildman–Crippen LogP) is 1.01. The van der Waals surface area contributed by atoms with Gasteiger partial charge < -0.3 is 10.4 Å². The SMILES string of the molecule is CC(C)C(=O)NC(CC(=O)O)C1CC1. The van der Waals surface area contributed by atoms with E-state index >= 15 is 0 Å². The number of hydrogen-bond donors (Lipinski definition) is 2. The minimum atomic E-state index is -0.842. The number of rotatable bonds is 5. The molecule has 4 nitrogen and oxygen atoms in total. The van der Waals surface area contributed by atoms with Crippen LogP contribution < -0.4 is 5.32 Å². The Kier molecular flexibility index (Phi) is 3.49. The molecule has 0 radical (unpaired) electrons. The van der Waals surface area contributed by atoms with Crippen LogP contribution in [0.1, 0.15) is 33.1 Å². The molecular formula is C10H17NO3. The van der Waals surface area contributed by atoms with Crippen molar-refractivity contribution in [1.29, 1.82) is 0 Å². The molecule has 0 aromatic carbocycles. The van der Waals surface area contributed by atoms with Crippen LogP contribution in [0.5, 0.6) is 0 Å². The van der Waals surface area contributed by atoms with Gasteiger partial charge in [0.2, 0.25) is 5.91 Å². The van der Waals surface area contributed by atoms with Crippen molar-refractivity contribution in [2.75, 3.05) is 0 Å². The Hall–Kier alpha value is -1.06. The number of carbonyl (C=O) groups is 2. The predicted molar refractivity (Wildman–Crippen MR) is 51.7 cm³/mol. The Morgan fingerprint density at radius 1 is 1.43 bits per heavy atom. The summed E-state index contributed by atoms with van der Waals surface area (Å²) in [5, 5.41) is 11.5. The molecule has 0 heterocycles. The number of amides is 1. The van der Waals surface area contributed by atoms with E-state index in [4.69, 9.17) is 5.11 Å². The van der Waals surface area contributed by atoms with Crippen LogP contribution in [0.4, 0.5) is 0 Å². The Balaban J connectivity index is 2.42. The quantitative estimate of drug-likeness (QED) is 0.694. The summed E-state index contributed by atoms with van der Waals surface area (Å²) >= 11 is 0. The van der Waals surface area contributed by atoms with Crippen LogP contribution in [0.25, 0.3) is 0 Å². The van der Waals surface area contributed by atoms with Gasteiger partial charge in [-0.2, -0.15) is 0 Å². The normalized spacial score (nSPS) is 17.9. The molecule has 0 aliphatic heterocycles. The first-order chi connectivity index (χ1) is 6.50. The average molecular weight is 199 g/mol. The first-order valence-corrected chi connectivity index (χ1v) is 5.03. The summed E-state index contributed by atoms with van der Waals surface area (Å²) in [6.45, 7) is 3.61. The Morgan fingerprint density at radius 2 is 2.00 bits per heavy atom. The van der Waals surface area contributed by atoms with Crippen molar-refractivity contribution in [3.05, 3.63) is 0 Å². The molecule has 1 amide bonds. The van der Waals surface area contributed by atoms with Crippen LogP contribution in [-0.4, -0.2) is 23.0 Å². The number of carboxylic acid groups (broad SMARTS) is 1. The van der Waals surface area contributed by atoms with Gasteiger partial charge in [-0.1, -0.05) is 13.8 Å². The summed E-state index contributed by atoms with van der Waals surface area (Å²) < 4.78 is 0. The molecule has 4 heteroatoms. The van der Waals surface area contributed by atoms with Gasteiger partial charge in [0.05, 0.1) is 6.42 Å². The maximum atomic E-state index is 11.4. The number of aliphatic carboxylic acids is 1. The zero-order chi connectivity index (χ0) is 10.7. The summed E-state index contributed by atoms with van der Waals surface area (Å²) in [7, 11) is 0. The van der Waals surface area contributed by atoms with E-state index in [-0.39, 0.29) is 24.3 Å². The summed E-state index contributed by atoms with van der Waals surface area (Å²) in [5.74, 6) is -0.590. The zero-order valence-electron chi connectivity index (χ0n) is 8.62. The maximum Gasteiger partial charge on any atom is 0.305 e. The molecule has 0 aromatic rings. The van der Waals surface area contributed by atoms with Gasteiger partial charge >= 0.3 is 5.97 Å². The fraction of sp³-hybridized carbons (Fsp3) is 0.800. The Bertz CT molecular complexity index is 234. The van der Waals surface area contributed by atoms with Crippen LogP contribution in [0.2, 0.25) is 0 Å². The number of carboxylic acids is 1. The van der Waals surface area contributed by atoms with E-state index in [1.54, 1.807) is 13.8 Å². The summed E-state index contributed by atoms with van der Waals surface area (Å²) in [4.78, 5) is 21.9. The summed E-state index contributed by atoms with van der Waals surface area (Å²) in [6.07, 6.45) is 2.12. The minimum absolute atomic E-state index is 0.0448. The highest BCUT2D eigenvalue weighted by atomic mass is 16.4. The fourth-order valence-corrected chi connectivity index (χ4v) is 1.37. The number of nitrogens with one attached hydrogen (secondary N) is 1. The third kappa shape index (κ3) is 3.36. The number of hydrogen-bond acceptors (Lipinski definition) is 2. The highest BCUT2D eigenvalue weighted by Crippen LogP contribution is 2.34. The molecule has 2 N–H and O–H groups in total. The van der Waals surface area contributed by atoms with E-state index in [9.17, 15) is 9.59 Å². The second-order valence-electron chi connectivity index (χ2n) is 4.21. The zero-order valence-corrected chi connectivity index (χ0v) is 8.62. The third-order valence-corrected chi connectivity index (χ3v) is 2.44. The lowest BCUT2D eigenvalue weighted by Gasteiger charge is -2.17. The summed E-state index contributed by atoms with van der Waals surface area (Å²) in [5.41, 5.74) is 0. The molecule has 80 valence electrons. The van der Waals surface area contributed by atoms with Crippen molar-refractivity contribution in [3.63, 3.8) is 0 Å². The largest absolute Gasteiger partial charge is 0.481 e. The molecule has 1 unspecified atom stereocenters. The van der Waals surface area contributed by atoms with Crippen LogP contribution >= 0.6 is 0 Å². The van der Waals surface area contributed by atoms with Crippen molar-refractivity contribution < 1.29 is 14.7 Å². The van der Waals surface area contributed by atoms with Gasteiger partial charge in [-0.15, -0.1) is 0 Å². The summed E-state index contributed by atoms with van der Waals surface area (Å²) in [6, 6.07) is -0.164. The smallest absolute Gasteiger partial charge is 0.305 e. The van der Waals surface area contributed by atoms with Crippen LogP contribution in [0.15, 0.2) is 0 Å². The monoisotopic (exact) mass is 199 g/mol. The van der Waals surface area contributed by atoms with Crippen molar-refractivity contribution in [2.45, 2.75) is 39.2 Å². The highest BCUT2D eigenvalue weighted by Gasteiger charge is 2.33. The molecule has 1 aliphatic carbocycles. The first kappa shape index (κ1) is 11.0. The third-order valence-electron chi connectivity index (χ3n) is 2.44. The van der Waals surface area contributed by atoms with E-state index in [2.05, 4.69) is 5.32 Å². The van der Waals surface area contributed by atoms with Gasteiger partial charge in [0.15, 0.2) is 0 Å². The van der Waals surface area contributed by atoms with Gasteiger partial charge in [-0.05, 0) is 18.8 Å². The fourth-order valence-electron chi connectivity index (χ4n) is 1.37. The lowest BCUT2D eigenvalue weighted by atomic mass is 10.1. The lowest BCUT2D eigenvalue weighted by molar-refractivity contribution is -0.138. The van der Waals surface area contributed by atoms with Crippen LogP contribution in [0.3, 0.4) is 0 Å². The topological polar surface area (TPSA) is 66.4 Å². The molecule has 0 saturated heterocycles. The molecule has 1 aliphatic rings. The Morgan fingerprint density at radius 3 is 2.36 bits per heavy atom. The lowest BCUT2D eigenvalue weighted by Crippen LogP contribution is -2.40. The van der Waals surface area contributed by atoms with E-state index in [0.717, 1.165) is 12.8 Å².